The minimum absolute atomic E-state index is 0.109. The highest BCUT2D eigenvalue weighted by Crippen LogP contribution is 2.13. The first kappa shape index (κ1) is 66.6. The number of carbonyl (C=O) groups excluding carboxylic acids is 3. The Morgan fingerprint density at radius 2 is 0.549 bits per heavy atom. The maximum atomic E-state index is 12.9. The van der Waals surface area contributed by atoms with Crippen molar-refractivity contribution in [3.8, 4) is 0 Å². The van der Waals surface area contributed by atoms with Crippen LogP contribution in [-0.4, -0.2) is 37.2 Å². The number of carbonyl (C=O) groups is 3. The summed E-state index contributed by atoms with van der Waals surface area (Å²) >= 11 is 0. The van der Waals surface area contributed by atoms with Crippen molar-refractivity contribution in [1.82, 2.24) is 0 Å². The molecule has 0 rings (SSSR count). The fourth-order valence-corrected chi connectivity index (χ4v) is 7.37. The van der Waals surface area contributed by atoms with E-state index in [0.717, 1.165) is 128 Å². The summed E-state index contributed by atoms with van der Waals surface area (Å²) in [7, 11) is 0. The first-order valence-corrected chi connectivity index (χ1v) is 28.7. The summed E-state index contributed by atoms with van der Waals surface area (Å²) in [6.45, 7) is 6.33. The van der Waals surface area contributed by atoms with Gasteiger partial charge in [-0.2, -0.15) is 0 Å². The topological polar surface area (TPSA) is 78.9 Å². The smallest absolute Gasteiger partial charge is 0.306 e. The molecule has 0 N–H and O–H groups in total. The van der Waals surface area contributed by atoms with Crippen molar-refractivity contribution in [2.75, 3.05) is 13.2 Å². The molecule has 0 radical (unpaired) electrons. The molecule has 0 aliphatic carbocycles. The van der Waals surface area contributed by atoms with Crippen molar-refractivity contribution < 1.29 is 28.6 Å². The van der Waals surface area contributed by atoms with E-state index in [9.17, 15) is 14.4 Å². The molecule has 0 bridgehead atoms. The summed E-state index contributed by atoms with van der Waals surface area (Å²) in [6, 6.07) is 0. The van der Waals surface area contributed by atoms with Crippen LogP contribution >= 0.6 is 0 Å². The second-order valence-electron chi connectivity index (χ2n) is 18.4. The zero-order chi connectivity index (χ0) is 51.4. The van der Waals surface area contributed by atoms with E-state index in [1.807, 2.05) is 0 Å². The highest BCUT2D eigenvalue weighted by molar-refractivity contribution is 5.71. The Morgan fingerprint density at radius 1 is 0.296 bits per heavy atom. The van der Waals surface area contributed by atoms with Gasteiger partial charge in [-0.15, -0.1) is 0 Å². The zero-order valence-electron chi connectivity index (χ0n) is 45.7. The van der Waals surface area contributed by atoms with Crippen LogP contribution in [0.5, 0.6) is 0 Å². The summed E-state index contributed by atoms with van der Waals surface area (Å²) < 4.78 is 16.8. The average Bonchev–Trinajstić information content (AvgIpc) is 3.37. The van der Waals surface area contributed by atoms with Crippen LogP contribution in [0, 0.1) is 0 Å². The molecule has 0 aromatic heterocycles. The van der Waals surface area contributed by atoms with Crippen LogP contribution in [0.1, 0.15) is 239 Å². The lowest BCUT2D eigenvalue weighted by Gasteiger charge is -2.18. The molecule has 0 unspecified atom stereocenters. The Bertz CT molecular complexity index is 1550. The van der Waals surface area contributed by atoms with E-state index in [0.29, 0.717) is 19.3 Å². The second-order valence-corrected chi connectivity index (χ2v) is 18.4. The van der Waals surface area contributed by atoms with E-state index in [1.165, 1.54) is 64.2 Å². The van der Waals surface area contributed by atoms with Gasteiger partial charge >= 0.3 is 17.9 Å². The second kappa shape index (κ2) is 58.1. The molecule has 0 aromatic carbocycles. The van der Waals surface area contributed by atoms with Gasteiger partial charge in [0.15, 0.2) is 6.10 Å². The van der Waals surface area contributed by atoms with E-state index in [2.05, 4.69) is 154 Å². The van der Waals surface area contributed by atoms with E-state index in [4.69, 9.17) is 14.2 Å². The van der Waals surface area contributed by atoms with Gasteiger partial charge in [-0.3, -0.25) is 14.4 Å². The van der Waals surface area contributed by atoms with Crippen LogP contribution < -0.4 is 0 Å². The first-order valence-electron chi connectivity index (χ1n) is 28.7. The SMILES string of the molecule is CC/C=C\C/C=C\C/C=C\C/C=C\C/C=C\CCCCCC(=O)OC[C@H](COC(=O)CCCCCCCCC/C=C\CCCCCC)OC(=O)CCCCC/C=C\C/C=C\C/C=C\C/C=C\C/C=C\CC. The normalized spacial score (nSPS) is 13.1. The number of rotatable bonds is 50. The summed E-state index contributed by atoms with van der Waals surface area (Å²) in [4.78, 5) is 38.2. The number of unbranched alkanes of at least 4 members (excludes halogenated alkanes) is 17. The zero-order valence-corrected chi connectivity index (χ0v) is 45.7. The highest BCUT2D eigenvalue weighted by atomic mass is 16.6. The standard InChI is InChI=1S/C65H104O6/c1-4-7-10-13-16-19-22-25-28-30-32-34-37-40-43-46-49-52-55-58-64(67)70-61-62(60-69-63(66)57-54-51-48-45-42-39-36-27-24-21-18-15-12-9-6-3)71-65(68)59-56-53-50-47-44-41-38-35-33-31-29-26-23-20-17-14-11-8-5-2/h7-8,10-11,16-17,19-21,24-26,28-29,32-35,40-41,43-44,62H,4-6,9,12-15,18,22-23,27,30-31,36-39,42,45-61H2,1-3H3/b10-7-,11-8-,19-16-,20-17-,24-21-,28-25-,29-26-,34-32-,35-33-,43-40-,44-41-/t62-/m0/s1. The molecule has 6 heteroatoms. The Labute approximate surface area is 436 Å². The van der Waals surface area contributed by atoms with Gasteiger partial charge < -0.3 is 14.2 Å². The van der Waals surface area contributed by atoms with Crippen molar-refractivity contribution in [3.63, 3.8) is 0 Å². The maximum absolute atomic E-state index is 12.9. The Balaban J connectivity index is 4.55. The molecular formula is C65H104O6. The number of allylic oxidation sites excluding steroid dienone is 22. The third-order valence-corrected chi connectivity index (χ3v) is 11.6. The number of esters is 3. The molecule has 0 aliphatic rings. The average molecular weight is 982 g/mol. The van der Waals surface area contributed by atoms with Gasteiger partial charge in [0.2, 0.25) is 0 Å². The number of ether oxygens (including phenoxy) is 3. The summed E-state index contributed by atoms with van der Waals surface area (Å²) in [5.74, 6) is -0.983. The van der Waals surface area contributed by atoms with Crippen molar-refractivity contribution in [2.24, 2.45) is 0 Å². The van der Waals surface area contributed by atoms with Gasteiger partial charge in [-0.1, -0.05) is 219 Å². The van der Waals surface area contributed by atoms with Gasteiger partial charge in [0.25, 0.3) is 0 Å². The monoisotopic (exact) mass is 981 g/mol. The Kier molecular flexibility index (Phi) is 54.5. The molecule has 1 atom stereocenters. The quantitative estimate of drug-likeness (QED) is 0.0262. The third kappa shape index (κ3) is 56.3. The summed E-state index contributed by atoms with van der Waals surface area (Å²) in [5, 5.41) is 0. The number of hydrogen-bond donors (Lipinski definition) is 0. The molecule has 0 amide bonds. The predicted molar refractivity (Wildman–Crippen MR) is 306 cm³/mol. The van der Waals surface area contributed by atoms with E-state index < -0.39 is 6.10 Å². The van der Waals surface area contributed by atoms with Crippen molar-refractivity contribution in [3.05, 3.63) is 134 Å². The van der Waals surface area contributed by atoms with Gasteiger partial charge in [0.05, 0.1) is 0 Å². The van der Waals surface area contributed by atoms with E-state index >= 15 is 0 Å². The molecule has 0 aromatic rings. The van der Waals surface area contributed by atoms with Crippen LogP contribution in [0.25, 0.3) is 0 Å². The molecule has 0 aliphatic heterocycles. The number of hydrogen-bond acceptors (Lipinski definition) is 6. The third-order valence-electron chi connectivity index (χ3n) is 11.6. The van der Waals surface area contributed by atoms with Gasteiger partial charge in [-0.05, 0) is 135 Å². The summed E-state index contributed by atoms with van der Waals surface area (Å²) in [5.41, 5.74) is 0. The van der Waals surface area contributed by atoms with E-state index in [-0.39, 0.29) is 37.5 Å². The lowest BCUT2D eigenvalue weighted by Crippen LogP contribution is -2.30. The van der Waals surface area contributed by atoms with Crippen LogP contribution in [0.4, 0.5) is 0 Å². The molecule has 0 spiro atoms. The van der Waals surface area contributed by atoms with Crippen molar-refractivity contribution >= 4 is 17.9 Å². The van der Waals surface area contributed by atoms with Crippen molar-refractivity contribution in [1.29, 1.82) is 0 Å². The molecule has 400 valence electrons. The molecule has 0 heterocycles. The molecule has 0 fully saturated rings. The van der Waals surface area contributed by atoms with Crippen LogP contribution in [-0.2, 0) is 28.6 Å². The lowest BCUT2D eigenvalue weighted by molar-refractivity contribution is -0.167. The minimum Gasteiger partial charge on any atom is -0.462 e. The largest absolute Gasteiger partial charge is 0.462 e. The molecule has 0 saturated carbocycles. The maximum Gasteiger partial charge on any atom is 0.306 e. The Hall–Kier alpha value is -4.45. The molecule has 0 saturated heterocycles. The fourth-order valence-electron chi connectivity index (χ4n) is 7.37. The lowest BCUT2D eigenvalue weighted by atomic mass is 10.1. The van der Waals surface area contributed by atoms with Crippen LogP contribution in [0.3, 0.4) is 0 Å². The summed E-state index contributed by atoms with van der Waals surface area (Å²) in [6.07, 6.45) is 81.5. The molecule has 71 heavy (non-hydrogen) atoms. The fraction of sp³-hybridized carbons (Fsp3) is 0.615. The van der Waals surface area contributed by atoms with Gasteiger partial charge in [0.1, 0.15) is 13.2 Å². The van der Waals surface area contributed by atoms with Gasteiger partial charge in [-0.25, -0.2) is 0 Å². The van der Waals surface area contributed by atoms with Gasteiger partial charge in [0, 0.05) is 19.3 Å². The molecular weight excluding hydrogens is 877 g/mol. The van der Waals surface area contributed by atoms with Crippen LogP contribution in [0.15, 0.2) is 134 Å². The van der Waals surface area contributed by atoms with E-state index in [1.54, 1.807) is 0 Å². The minimum atomic E-state index is -0.817. The predicted octanol–water partition coefficient (Wildman–Crippen LogP) is 19.4. The highest BCUT2D eigenvalue weighted by Gasteiger charge is 2.19. The van der Waals surface area contributed by atoms with Crippen LogP contribution in [0.2, 0.25) is 0 Å². The first-order chi connectivity index (χ1) is 35.0. The Morgan fingerprint density at radius 3 is 0.887 bits per heavy atom. The molecule has 6 nitrogen and oxygen atoms in total. The van der Waals surface area contributed by atoms with Crippen molar-refractivity contribution in [2.45, 2.75) is 245 Å².